The van der Waals surface area contributed by atoms with Crippen LogP contribution in [-0.2, 0) is 16.0 Å². The molecule has 6 heteroatoms. The minimum atomic E-state index is -0.645. The average molecular weight is 426 g/mol. The Kier molecular flexibility index (Phi) is 4.67. The number of rotatable bonds is 4. The fourth-order valence-electron chi connectivity index (χ4n) is 4.67. The molecule has 0 radical (unpaired) electrons. The van der Waals surface area contributed by atoms with Crippen molar-refractivity contribution in [3.05, 3.63) is 52.5 Å². The number of ether oxygens (including phenoxy) is 1. The summed E-state index contributed by atoms with van der Waals surface area (Å²) in [6.45, 7) is 2.04. The van der Waals surface area contributed by atoms with E-state index in [1.807, 2.05) is 37.3 Å². The Balaban J connectivity index is 1.50. The summed E-state index contributed by atoms with van der Waals surface area (Å²) < 4.78 is 7.01. The minimum Gasteiger partial charge on any atom is -0.431 e. The first-order chi connectivity index (χ1) is 14.0. The molecule has 2 fully saturated rings. The van der Waals surface area contributed by atoms with Gasteiger partial charge in [0.1, 0.15) is 11.7 Å². The van der Waals surface area contributed by atoms with Crippen molar-refractivity contribution in [2.24, 2.45) is 11.8 Å². The van der Waals surface area contributed by atoms with E-state index >= 15 is 0 Å². The van der Waals surface area contributed by atoms with Crippen molar-refractivity contribution in [2.45, 2.75) is 38.5 Å². The van der Waals surface area contributed by atoms with Gasteiger partial charge < -0.3 is 4.74 Å². The molecule has 2 unspecified atom stereocenters. The van der Waals surface area contributed by atoms with Crippen LogP contribution in [0.25, 0.3) is 10.2 Å². The lowest BCUT2D eigenvalue weighted by atomic mass is 9.74. The molecule has 5 rings (SSSR count). The Labute approximate surface area is 177 Å². The molecule has 148 valence electrons. The molecule has 1 heterocycles. The number of aryl methyl sites for hydroxylation is 1. The molecule has 2 atom stereocenters. The molecular formula is C23H20ClNO3S. The van der Waals surface area contributed by atoms with Gasteiger partial charge in [0.05, 0.1) is 10.2 Å². The van der Waals surface area contributed by atoms with E-state index < -0.39 is 5.92 Å². The van der Waals surface area contributed by atoms with Crippen LogP contribution in [0.2, 0.25) is 5.02 Å². The van der Waals surface area contributed by atoms with Gasteiger partial charge in [-0.25, -0.2) is 4.98 Å². The largest absolute Gasteiger partial charge is 0.431 e. The zero-order valence-electron chi connectivity index (χ0n) is 16.0. The summed E-state index contributed by atoms with van der Waals surface area (Å²) in [4.78, 5) is 30.5. The van der Waals surface area contributed by atoms with Crippen LogP contribution in [0.5, 0.6) is 10.9 Å². The zero-order valence-corrected chi connectivity index (χ0v) is 17.6. The Morgan fingerprint density at radius 2 is 1.86 bits per heavy atom. The van der Waals surface area contributed by atoms with Crippen molar-refractivity contribution in [2.75, 3.05) is 0 Å². The van der Waals surface area contributed by atoms with Crippen molar-refractivity contribution < 1.29 is 14.3 Å². The molecule has 0 spiro atoms. The number of ketones is 2. The molecule has 2 aromatic carbocycles. The van der Waals surface area contributed by atoms with Crippen LogP contribution in [0.4, 0.5) is 0 Å². The lowest BCUT2D eigenvalue weighted by molar-refractivity contribution is -0.135. The molecule has 4 nitrogen and oxygen atoms in total. The van der Waals surface area contributed by atoms with Crippen LogP contribution in [0.3, 0.4) is 0 Å². The molecule has 1 aromatic heterocycles. The quantitative estimate of drug-likeness (QED) is 0.484. The molecule has 2 aliphatic rings. The number of carbonyl (C=O) groups is 2. The number of carbonyl (C=O) groups excluding carboxylic acids is 2. The van der Waals surface area contributed by atoms with E-state index in [-0.39, 0.29) is 23.4 Å². The van der Waals surface area contributed by atoms with E-state index in [0.29, 0.717) is 16.0 Å². The number of benzene rings is 2. The van der Waals surface area contributed by atoms with Crippen molar-refractivity contribution in [3.8, 4) is 10.9 Å². The second-order valence-electron chi connectivity index (χ2n) is 7.85. The molecule has 0 N–H and O–H groups in total. The van der Waals surface area contributed by atoms with Gasteiger partial charge >= 0.3 is 0 Å². The summed E-state index contributed by atoms with van der Waals surface area (Å²) in [7, 11) is 0. The number of Topliss-reactive ketones (excluding diaryl/α,β-unsaturated/α-hetero) is 2. The molecule has 0 amide bonds. The van der Waals surface area contributed by atoms with Gasteiger partial charge in [0.15, 0.2) is 11.6 Å². The van der Waals surface area contributed by atoms with Crippen LogP contribution < -0.4 is 4.74 Å². The Morgan fingerprint density at radius 3 is 2.59 bits per heavy atom. The minimum absolute atomic E-state index is 0.0333. The second-order valence-corrected chi connectivity index (χ2v) is 9.28. The number of fused-ring (bicyclic) bond motifs is 3. The summed E-state index contributed by atoms with van der Waals surface area (Å²) >= 11 is 7.48. The van der Waals surface area contributed by atoms with Gasteiger partial charge in [-0.05, 0) is 67.1 Å². The van der Waals surface area contributed by atoms with Crippen LogP contribution in [-0.4, -0.2) is 16.6 Å². The van der Waals surface area contributed by atoms with Crippen molar-refractivity contribution in [3.63, 3.8) is 0 Å². The third kappa shape index (κ3) is 3.26. The van der Waals surface area contributed by atoms with Gasteiger partial charge in [-0.15, -0.1) is 0 Å². The normalized spacial score (nSPS) is 23.7. The number of halogens is 1. The van der Waals surface area contributed by atoms with Gasteiger partial charge in [0, 0.05) is 16.9 Å². The zero-order chi connectivity index (χ0) is 20.1. The summed E-state index contributed by atoms with van der Waals surface area (Å²) in [5.74, 6) is 0.197. The van der Waals surface area contributed by atoms with E-state index in [1.54, 1.807) is 6.07 Å². The molecular weight excluding hydrogens is 406 g/mol. The number of hydrogen-bond acceptors (Lipinski definition) is 5. The van der Waals surface area contributed by atoms with E-state index in [1.165, 1.54) is 11.3 Å². The summed E-state index contributed by atoms with van der Waals surface area (Å²) in [5, 5.41) is 1.15. The fourth-order valence-corrected chi connectivity index (χ4v) is 5.65. The van der Waals surface area contributed by atoms with Gasteiger partial charge in [-0.1, -0.05) is 35.9 Å². The predicted molar refractivity (Wildman–Crippen MR) is 114 cm³/mol. The molecule has 29 heavy (non-hydrogen) atoms. The Bertz CT molecular complexity index is 1120. The maximum absolute atomic E-state index is 13.0. The SMILES string of the molecule is CCc1ccc(Oc2nc3cc(Cl)ccc3s2)cc1C1C(=O)C2CCC(C2)C1=O. The summed E-state index contributed by atoms with van der Waals surface area (Å²) in [6.07, 6.45) is 3.19. The molecule has 2 bridgehead atoms. The topological polar surface area (TPSA) is 56.3 Å². The van der Waals surface area contributed by atoms with Crippen LogP contribution >= 0.6 is 22.9 Å². The number of hydrogen-bond donors (Lipinski definition) is 0. The third-order valence-electron chi connectivity index (χ3n) is 6.15. The lowest BCUT2D eigenvalue weighted by Crippen LogP contribution is -2.35. The standard InChI is InChI=1S/C23H20ClNO3S/c1-2-12-5-7-16(28-23-25-18-10-15(24)6-8-19(18)29-23)11-17(12)20-21(26)13-3-4-14(9-13)22(20)27/h5-8,10-11,13-14,20H,2-4,9H2,1H3. The maximum Gasteiger partial charge on any atom is 0.279 e. The highest BCUT2D eigenvalue weighted by Gasteiger charge is 2.47. The maximum atomic E-state index is 13.0. The van der Waals surface area contributed by atoms with Gasteiger partial charge in [0.25, 0.3) is 5.19 Å². The Hall–Kier alpha value is -2.24. The van der Waals surface area contributed by atoms with E-state index in [4.69, 9.17) is 16.3 Å². The molecule has 0 saturated heterocycles. The first-order valence-corrected chi connectivity index (χ1v) is 11.2. The Morgan fingerprint density at radius 1 is 1.10 bits per heavy atom. The molecule has 2 saturated carbocycles. The highest BCUT2D eigenvalue weighted by atomic mass is 35.5. The van der Waals surface area contributed by atoms with Crippen molar-refractivity contribution in [1.82, 2.24) is 4.98 Å². The van der Waals surface area contributed by atoms with Gasteiger partial charge in [-0.3, -0.25) is 9.59 Å². The van der Waals surface area contributed by atoms with Gasteiger partial charge in [0.2, 0.25) is 0 Å². The summed E-state index contributed by atoms with van der Waals surface area (Å²) in [6, 6.07) is 11.3. The lowest BCUT2D eigenvalue weighted by Gasteiger charge is -2.27. The van der Waals surface area contributed by atoms with Crippen LogP contribution in [0.1, 0.15) is 43.2 Å². The van der Waals surface area contributed by atoms with Crippen LogP contribution in [0.15, 0.2) is 36.4 Å². The smallest absolute Gasteiger partial charge is 0.279 e. The van der Waals surface area contributed by atoms with E-state index in [2.05, 4.69) is 4.98 Å². The molecule has 0 aliphatic heterocycles. The predicted octanol–water partition coefficient (Wildman–Crippen LogP) is 5.96. The third-order valence-corrected chi connectivity index (χ3v) is 7.30. The average Bonchev–Trinajstić information content (AvgIpc) is 3.32. The second kappa shape index (κ2) is 7.22. The van der Waals surface area contributed by atoms with Crippen molar-refractivity contribution in [1.29, 1.82) is 0 Å². The van der Waals surface area contributed by atoms with Crippen molar-refractivity contribution >= 4 is 44.7 Å². The van der Waals surface area contributed by atoms with E-state index in [9.17, 15) is 9.59 Å². The highest BCUT2D eigenvalue weighted by molar-refractivity contribution is 7.20. The molecule has 2 aliphatic carbocycles. The molecule has 3 aromatic rings. The monoisotopic (exact) mass is 425 g/mol. The number of thiazole rings is 1. The number of nitrogens with zero attached hydrogens (tertiary/aromatic N) is 1. The first-order valence-electron chi connectivity index (χ1n) is 9.97. The fraction of sp³-hybridized carbons (Fsp3) is 0.348. The van der Waals surface area contributed by atoms with E-state index in [0.717, 1.165) is 47.0 Å². The van der Waals surface area contributed by atoms with Gasteiger partial charge in [-0.2, -0.15) is 0 Å². The van der Waals surface area contributed by atoms with Crippen LogP contribution in [0, 0.1) is 11.8 Å². The highest BCUT2D eigenvalue weighted by Crippen LogP contribution is 2.45. The number of aromatic nitrogens is 1. The first kappa shape index (κ1) is 18.8. The summed E-state index contributed by atoms with van der Waals surface area (Å²) in [5.41, 5.74) is 2.62.